The molecule has 0 aliphatic carbocycles. The zero-order valence-electron chi connectivity index (χ0n) is 11.4. The monoisotopic (exact) mass is 307 g/mol. The molecule has 1 atom stereocenters. The summed E-state index contributed by atoms with van der Waals surface area (Å²) in [6.45, 7) is 5.86. The number of nitrogens with zero attached hydrogens (tertiary/aromatic N) is 1. The zero-order chi connectivity index (χ0) is 14.6. The van der Waals surface area contributed by atoms with Crippen LogP contribution < -0.4 is 0 Å². The van der Waals surface area contributed by atoms with Crippen molar-refractivity contribution in [3.05, 3.63) is 29.6 Å². The van der Waals surface area contributed by atoms with Gasteiger partial charge in [-0.2, -0.15) is 4.31 Å². The molecule has 0 spiro atoms. The molecule has 0 aromatic heterocycles. The molecule has 0 amide bonds. The smallest absolute Gasteiger partial charge is 0.207 e. The molecular weight excluding hydrogens is 289 g/mol. The van der Waals surface area contributed by atoms with E-state index in [1.54, 1.807) is 6.92 Å². The van der Waals surface area contributed by atoms with Crippen molar-refractivity contribution in [1.29, 1.82) is 0 Å². The SMILES string of the molecule is CCC(C)N(CC)S(=O)(=O)c1cc(F)ccc1CCl. The fraction of sp³-hybridized carbons (Fsp3) is 0.538. The van der Waals surface area contributed by atoms with Crippen LogP contribution in [-0.4, -0.2) is 25.3 Å². The van der Waals surface area contributed by atoms with Gasteiger partial charge in [-0.05, 0) is 31.0 Å². The predicted molar refractivity (Wildman–Crippen MR) is 75.3 cm³/mol. The molecule has 0 radical (unpaired) electrons. The fourth-order valence-electron chi connectivity index (χ4n) is 1.93. The van der Waals surface area contributed by atoms with Crippen LogP contribution in [0.25, 0.3) is 0 Å². The first-order valence-corrected chi connectivity index (χ1v) is 8.22. The minimum atomic E-state index is -3.72. The van der Waals surface area contributed by atoms with E-state index in [1.807, 2.05) is 13.8 Å². The summed E-state index contributed by atoms with van der Waals surface area (Å²) < 4.78 is 39.9. The second kappa shape index (κ2) is 6.68. The second-order valence-electron chi connectivity index (χ2n) is 4.35. The van der Waals surface area contributed by atoms with Crippen molar-refractivity contribution < 1.29 is 12.8 Å². The molecule has 0 saturated heterocycles. The van der Waals surface area contributed by atoms with Gasteiger partial charge in [0.1, 0.15) is 5.82 Å². The molecular formula is C13H19ClFNO2S. The number of halogens is 2. The maximum Gasteiger partial charge on any atom is 0.243 e. The van der Waals surface area contributed by atoms with Gasteiger partial charge in [0.05, 0.1) is 4.90 Å². The average Bonchev–Trinajstić information content (AvgIpc) is 2.38. The van der Waals surface area contributed by atoms with Crippen LogP contribution in [0.4, 0.5) is 4.39 Å². The first kappa shape index (κ1) is 16.4. The Balaban J connectivity index is 3.37. The maximum atomic E-state index is 13.3. The topological polar surface area (TPSA) is 37.4 Å². The van der Waals surface area contributed by atoms with Crippen LogP contribution in [0.3, 0.4) is 0 Å². The van der Waals surface area contributed by atoms with Gasteiger partial charge in [0.15, 0.2) is 0 Å². The first-order chi connectivity index (χ1) is 8.88. The Hall–Kier alpha value is -0.650. The van der Waals surface area contributed by atoms with Gasteiger partial charge in [-0.3, -0.25) is 0 Å². The lowest BCUT2D eigenvalue weighted by Gasteiger charge is -2.27. The van der Waals surface area contributed by atoms with Gasteiger partial charge in [0.25, 0.3) is 0 Å². The number of hydrogen-bond donors (Lipinski definition) is 0. The van der Waals surface area contributed by atoms with E-state index in [1.165, 1.54) is 16.4 Å². The molecule has 1 aromatic carbocycles. The first-order valence-electron chi connectivity index (χ1n) is 6.24. The van der Waals surface area contributed by atoms with Crippen molar-refractivity contribution in [2.75, 3.05) is 6.54 Å². The van der Waals surface area contributed by atoms with Crippen molar-refractivity contribution in [3.63, 3.8) is 0 Å². The fourth-order valence-corrected chi connectivity index (χ4v) is 4.19. The lowest BCUT2D eigenvalue weighted by atomic mass is 10.2. The standard InChI is InChI=1S/C13H19ClFNO2S/c1-4-10(3)16(5-2)19(17,18)13-8-12(15)7-6-11(13)9-14/h6-8,10H,4-5,9H2,1-3H3. The highest BCUT2D eigenvalue weighted by Gasteiger charge is 2.29. The Labute approximate surface area is 119 Å². The molecule has 0 N–H and O–H groups in total. The predicted octanol–water partition coefficient (Wildman–Crippen LogP) is 3.37. The van der Waals surface area contributed by atoms with Gasteiger partial charge >= 0.3 is 0 Å². The summed E-state index contributed by atoms with van der Waals surface area (Å²) in [5, 5.41) is 0. The van der Waals surface area contributed by atoms with Gasteiger partial charge in [0.2, 0.25) is 10.0 Å². The number of hydrogen-bond acceptors (Lipinski definition) is 2. The molecule has 0 fully saturated rings. The molecule has 0 bridgehead atoms. The van der Waals surface area contributed by atoms with Gasteiger partial charge in [-0.25, -0.2) is 12.8 Å². The lowest BCUT2D eigenvalue weighted by molar-refractivity contribution is 0.342. The number of rotatable bonds is 6. The summed E-state index contributed by atoms with van der Waals surface area (Å²) in [7, 11) is -3.72. The minimum absolute atomic E-state index is 0.0346. The lowest BCUT2D eigenvalue weighted by Crippen LogP contribution is -2.38. The highest BCUT2D eigenvalue weighted by Crippen LogP contribution is 2.25. The summed E-state index contributed by atoms with van der Waals surface area (Å²) in [6.07, 6.45) is 0.693. The molecule has 0 aliphatic rings. The van der Waals surface area contributed by atoms with Crippen molar-refractivity contribution in [1.82, 2.24) is 4.31 Å². The molecule has 108 valence electrons. The molecule has 1 unspecified atom stereocenters. The number of sulfonamides is 1. The Kier molecular flexibility index (Phi) is 5.77. The van der Waals surface area contributed by atoms with Crippen molar-refractivity contribution in [3.8, 4) is 0 Å². The van der Waals surface area contributed by atoms with Gasteiger partial charge in [-0.1, -0.05) is 19.9 Å². The maximum absolute atomic E-state index is 13.3. The Morgan fingerprint density at radius 2 is 2.00 bits per heavy atom. The quantitative estimate of drug-likeness (QED) is 0.756. The summed E-state index contributed by atoms with van der Waals surface area (Å²) in [6, 6.07) is 3.54. The molecule has 6 heteroatoms. The van der Waals surface area contributed by atoms with Crippen molar-refractivity contribution in [2.24, 2.45) is 0 Å². The average molecular weight is 308 g/mol. The van der Waals surface area contributed by atoms with E-state index >= 15 is 0 Å². The molecule has 19 heavy (non-hydrogen) atoms. The van der Waals surface area contributed by atoms with E-state index in [-0.39, 0.29) is 16.8 Å². The van der Waals surface area contributed by atoms with E-state index in [0.717, 1.165) is 6.07 Å². The van der Waals surface area contributed by atoms with Crippen molar-refractivity contribution >= 4 is 21.6 Å². The van der Waals surface area contributed by atoms with E-state index in [2.05, 4.69) is 0 Å². The van der Waals surface area contributed by atoms with Crippen LogP contribution in [0.15, 0.2) is 23.1 Å². The van der Waals surface area contributed by atoms with E-state index in [9.17, 15) is 12.8 Å². The van der Waals surface area contributed by atoms with Crippen LogP contribution in [0, 0.1) is 5.82 Å². The minimum Gasteiger partial charge on any atom is -0.207 e. The van der Waals surface area contributed by atoms with Gasteiger partial charge < -0.3 is 0 Å². The molecule has 0 saturated carbocycles. The van der Waals surface area contributed by atoms with Crippen LogP contribution in [0.2, 0.25) is 0 Å². The van der Waals surface area contributed by atoms with E-state index in [0.29, 0.717) is 18.5 Å². The summed E-state index contributed by atoms with van der Waals surface area (Å²) >= 11 is 5.75. The van der Waals surface area contributed by atoms with Gasteiger partial charge in [0, 0.05) is 18.5 Å². The third kappa shape index (κ3) is 3.46. The van der Waals surface area contributed by atoms with Gasteiger partial charge in [-0.15, -0.1) is 11.6 Å². The Bertz CT molecular complexity index is 533. The molecule has 1 rings (SSSR count). The van der Waals surface area contributed by atoms with Crippen LogP contribution in [-0.2, 0) is 15.9 Å². The zero-order valence-corrected chi connectivity index (χ0v) is 12.9. The summed E-state index contributed by atoms with van der Waals surface area (Å²) in [5.74, 6) is -0.542. The highest BCUT2D eigenvalue weighted by atomic mass is 35.5. The Morgan fingerprint density at radius 3 is 2.47 bits per heavy atom. The van der Waals surface area contributed by atoms with Crippen LogP contribution in [0.5, 0.6) is 0 Å². The van der Waals surface area contributed by atoms with Crippen molar-refractivity contribution in [2.45, 2.75) is 44.0 Å². The molecule has 0 aliphatic heterocycles. The van der Waals surface area contributed by atoms with Crippen LogP contribution >= 0.6 is 11.6 Å². The largest absolute Gasteiger partial charge is 0.243 e. The summed E-state index contributed by atoms with van der Waals surface area (Å²) in [5.41, 5.74) is 0.421. The molecule has 3 nitrogen and oxygen atoms in total. The molecule has 1 aromatic rings. The third-order valence-electron chi connectivity index (χ3n) is 3.15. The highest BCUT2D eigenvalue weighted by molar-refractivity contribution is 7.89. The molecule has 0 heterocycles. The number of alkyl halides is 1. The Morgan fingerprint density at radius 1 is 1.37 bits per heavy atom. The third-order valence-corrected chi connectivity index (χ3v) is 5.61. The second-order valence-corrected chi connectivity index (χ2v) is 6.48. The van der Waals surface area contributed by atoms with E-state index in [4.69, 9.17) is 11.6 Å². The summed E-state index contributed by atoms with van der Waals surface area (Å²) in [4.78, 5) is -0.0374. The normalized spacial score (nSPS) is 13.8. The van der Waals surface area contributed by atoms with Crippen LogP contribution in [0.1, 0.15) is 32.8 Å². The van der Waals surface area contributed by atoms with E-state index < -0.39 is 15.8 Å². The number of benzene rings is 1.